The number of hydrogen-bond donors (Lipinski definition) is 1. The molecule has 0 fully saturated rings. The minimum absolute atomic E-state index is 0.494. The van der Waals surface area contributed by atoms with Gasteiger partial charge in [-0.3, -0.25) is 4.98 Å². The van der Waals surface area contributed by atoms with Crippen molar-refractivity contribution in [2.24, 2.45) is 0 Å². The summed E-state index contributed by atoms with van der Waals surface area (Å²) in [6, 6.07) is 8.50. The van der Waals surface area contributed by atoms with E-state index in [0.717, 1.165) is 5.56 Å². The summed E-state index contributed by atoms with van der Waals surface area (Å²) in [5.41, 5.74) is 1.33. The fraction of sp³-hybridized carbons (Fsp3) is 0.0833. The van der Waals surface area contributed by atoms with Crippen LogP contribution in [0.15, 0.2) is 42.7 Å². The highest BCUT2D eigenvalue weighted by molar-refractivity contribution is 6.33. The van der Waals surface area contributed by atoms with Crippen LogP contribution in [-0.4, -0.2) is 10.1 Å². The first kappa shape index (κ1) is 11.4. The second-order valence-corrected chi connectivity index (χ2v) is 4.19. The molecule has 1 aromatic heterocycles. The van der Waals surface area contributed by atoms with Crippen molar-refractivity contribution in [3.8, 4) is 0 Å². The maximum Gasteiger partial charge on any atom is 0.106 e. The molecule has 0 bridgehead atoms. The monoisotopic (exact) mass is 253 g/mol. The van der Waals surface area contributed by atoms with E-state index in [1.54, 1.807) is 42.7 Å². The molecule has 0 radical (unpaired) electrons. The predicted octanol–water partition coefficient (Wildman–Crippen LogP) is 3.47. The van der Waals surface area contributed by atoms with E-state index < -0.39 is 6.10 Å². The first-order chi connectivity index (χ1) is 7.68. The fourth-order valence-electron chi connectivity index (χ4n) is 1.45. The normalized spacial score (nSPS) is 12.4. The molecule has 1 aromatic carbocycles. The van der Waals surface area contributed by atoms with Crippen molar-refractivity contribution >= 4 is 23.2 Å². The maximum atomic E-state index is 10.1. The maximum absolute atomic E-state index is 10.1. The third-order valence-electron chi connectivity index (χ3n) is 2.27. The van der Waals surface area contributed by atoms with Crippen LogP contribution in [0.5, 0.6) is 0 Å². The van der Waals surface area contributed by atoms with Crippen LogP contribution in [0.2, 0.25) is 10.0 Å². The van der Waals surface area contributed by atoms with Crippen LogP contribution in [0, 0.1) is 0 Å². The Labute approximate surface area is 103 Å². The largest absolute Gasteiger partial charge is 0.384 e. The van der Waals surface area contributed by atoms with Gasteiger partial charge in [-0.1, -0.05) is 23.2 Å². The van der Waals surface area contributed by atoms with Crippen molar-refractivity contribution < 1.29 is 5.11 Å². The molecule has 16 heavy (non-hydrogen) atoms. The Hall–Kier alpha value is -1.09. The average molecular weight is 254 g/mol. The Bertz CT molecular complexity index is 488. The van der Waals surface area contributed by atoms with E-state index in [-0.39, 0.29) is 0 Å². The molecule has 2 aromatic rings. The van der Waals surface area contributed by atoms with Crippen LogP contribution in [0.1, 0.15) is 17.2 Å². The van der Waals surface area contributed by atoms with Crippen molar-refractivity contribution in [1.82, 2.24) is 4.98 Å². The van der Waals surface area contributed by atoms with Crippen LogP contribution in [0.3, 0.4) is 0 Å². The summed E-state index contributed by atoms with van der Waals surface area (Å²) < 4.78 is 0. The molecule has 2 nitrogen and oxygen atoms in total. The SMILES string of the molecule is OC(c1ccncc1)c1cc(Cl)ccc1Cl. The standard InChI is InChI=1S/C12H9Cl2NO/c13-9-1-2-11(14)10(7-9)12(16)8-3-5-15-6-4-8/h1-7,12,16H. The first-order valence-electron chi connectivity index (χ1n) is 4.71. The van der Waals surface area contributed by atoms with Gasteiger partial charge in [0, 0.05) is 28.0 Å². The number of benzene rings is 1. The molecule has 0 saturated heterocycles. The van der Waals surface area contributed by atoms with E-state index in [9.17, 15) is 5.11 Å². The predicted molar refractivity (Wildman–Crippen MR) is 64.8 cm³/mol. The molecule has 4 heteroatoms. The van der Waals surface area contributed by atoms with Crippen LogP contribution >= 0.6 is 23.2 Å². The van der Waals surface area contributed by atoms with Gasteiger partial charge >= 0.3 is 0 Å². The fourth-order valence-corrected chi connectivity index (χ4v) is 1.85. The molecule has 1 unspecified atom stereocenters. The van der Waals surface area contributed by atoms with Gasteiger partial charge in [-0.15, -0.1) is 0 Å². The van der Waals surface area contributed by atoms with Gasteiger partial charge in [0.15, 0.2) is 0 Å². The molecule has 1 heterocycles. The van der Waals surface area contributed by atoms with Crippen molar-refractivity contribution in [3.63, 3.8) is 0 Å². The van der Waals surface area contributed by atoms with Crippen molar-refractivity contribution in [2.45, 2.75) is 6.10 Å². The van der Waals surface area contributed by atoms with Crippen LogP contribution < -0.4 is 0 Å². The lowest BCUT2D eigenvalue weighted by atomic mass is 10.0. The zero-order chi connectivity index (χ0) is 11.5. The van der Waals surface area contributed by atoms with Crippen LogP contribution in [0.25, 0.3) is 0 Å². The third-order valence-corrected chi connectivity index (χ3v) is 2.85. The second kappa shape index (κ2) is 4.83. The van der Waals surface area contributed by atoms with Gasteiger partial charge in [-0.05, 0) is 35.9 Å². The molecule has 2 rings (SSSR count). The number of nitrogens with zero attached hydrogens (tertiary/aromatic N) is 1. The highest BCUT2D eigenvalue weighted by atomic mass is 35.5. The Balaban J connectivity index is 2.41. The molecular formula is C12H9Cl2NO. The van der Waals surface area contributed by atoms with Crippen molar-refractivity contribution in [2.75, 3.05) is 0 Å². The number of pyridine rings is 1. The summed E-state index contributed by atoms with van der Waals surface area (Å²) in [7, 11) is 0. The number of aromatic nitrogens is 1. The molecule has 0 aliphatic carbocycles. The molecular weight excluding hydrogens is 245 g/mol. The highest BCUT2D eigenvalue weighted by Crippen LogP contribution is 2.30. The summed E-state index contributed by atoms with van der Waals surface area (Å²) in [6.07, 6.45) is 2.46. The van der Waals surface area contributed by atoms with Gasteiger partial charge in [0.25, 0.3) is 0 Å². The van der Waals surface area contributed by atoms with Gasteiger partial charge < -0.3 is 5.11 Å². The van der Waals surface area contributed by atoms with Gasteiger partial charge in [0.1, 0.15) is 6.10 Å². The van der Waals surface area contributed by atoms with Crippen molar-refractivity contribution in [1.29, 1.82) is 0 Å². The zero-order valence-electron chi connectivity index (χ0n) is 8.27. The Kier molecular flexibility index (Phi) is 3.44. The summed E-state index contributed by atoms with van der Waals surface area (Å²) in [6.45, 7) is 0. The second-order valence-electron chi connectivity index (χ2n) is 3.35. The lowest BCUT2D eigenvalue weighted by Crippen LogP contribution is -2.00. The Morgan fingerprint density at radius 3 is 2.44 bits per heavy atom. The lowest BCUT2D eigenvalue weighted by Gasteiger charge is -2.13. The quantitative estimate of drug-likeness (QED) is 0.890. The van der Waals surface area contributed by atoms with Gasteiger partial charge in [-0.25, -0.2) is 0 Å². The molecule has 0 saturated carbocycles. The summed E-state index contributed by atoms with van der Waals surface area (Å²) in [4.78, 5) is 3.89. The summed E-state index contributed by atoms with van der Waals surface area (Å²) >= 11 is 11.9. The average Bonchev–Trinajstić information content (AvgIpc) is 2.32. The minimum atomic E-state index is -0.783. The number of hydrogen-bond acceptors (Lipinski definition) is 2. The minimum Gasteiger partial charge on any atom is -0.384 e. The number of aliphatic hydroxyl groups excluding tert-OH is 1. The van der Waals surface area contributed by atoms with E-state index in [2.05, 4.69) is 4.98 Å². The number of rotatable bonds is 2. The third kappa shape index (κ3) is 2.35. The summed E-state index contributed by atoms with van der Waals surface area (Å²) in [5, 5.41) is 11.2. The molecule has 1 N–H and O–H groups in total. The molecule has 1 atom stereocenters. The van der Waals surface area contributed by atoms with Crippen LogP contribution in [0.4, 0.5) is 0 Å². The highest BCUT2D eigenvalue weighted by Gasteiger charge is 2.13. The first-order valence-corrected chi connectivity index (χ1v) is 5.47. The Morgan fingerprint density at radius 1 is 1.06 bits per heavy atom. The van der Waals surface area contributed by atoms with Crippen LogP contribution in [-0.2, 0) is 0 Å². The Morgan fingerprint density at radius 2 is 1.75 bits per heavy atom. The van der Waals surface area contributed by atoms with E-state index in [4.69, 9.17) is 23.2 Å². The summed E-state index contributed by atoms with van der Waals surface area (Å²) in [5.74, 6) is 0. The molecule has 0 aliphatic heterocycles. The lowest BCUT2D eigenvalue weighted by molar-refractivity contribution is 0.220. The van der Waals surface area contributed by atoms with Gasteiger partial charge in [0.05, 0.1) is 0 Å². The molecule has 0 amide bonds. The topological polar surface area (TPSA) is 33.1 Å². The van der Waals surface area contributed by atoms with E-state index in [1.165, 1.54) is 0 Å². The molecule has 82 valence electrons. The smallest absolute Gasteiger partial charge is 0.106 e. The van der Waals surface area contributed by atoms with E-state index in [0.29, 0.717) is 15.6 Å². The number of aliphatic hydroxyl groups is 1. The molecule has 0 spiro atoms. The van der Waals surface area contributed by atoms with E-state index in [1.807, 2.05) is 0 Å². The number of halogens is 2. The molecule has 0 aliphatic rings. The zero-order valence-corrected chi connectivity index (χ0v) is 9.78. The van der Waals surface area contributed by atoms with Crippen molar-refractivity contribution in [3.05, 3.63) is 63.9 Å². The van der Waals surface area contributed by atoms with Gasteiger partial charge in [0.2, 0.25) is 0 Å². The van der Waals surface area contributed by atoms with E-state index >= 15 is 0 Å². The van der Waals surface area contributed by atoms with Gasteiger partial charge in [-0.2, -0.15) is 0 Å².